The van der Waals surface area contributed by atoms with Crippen LogP contribution in [0.4, 0.5) is 5.69 Å². The number of guanidine groups is 1. The van der Waals surface area contributed by atoms with Crippen molar-refractivity contribution in [3.63, 3.8) is 0 Å². The van der Waals surface area contributed by atoms with Crippen LogP contribution in [-0.4, -0.2) is 61.0 Å². The Kier molecular flexibility index (Phi) is 7.86. The topological polar surface area (TPSA) is 72.9 Å². The average molecular weight is 415 g/mol. The predicted molar refractivity (Wildman–Crippen MR) is 120 cm³/mol. The van der Waals surface area contributed by atoms with E-state index < -0.39 is 0 Å². The quantitative estimate of drug-likeness (QED) is 0.537. The van der Waals surface area contributed by atoms with Crippen molar-refractivity contribution in [1.82, 2.24) is 20.5 Å². The van der Waals surface area contributed by atoms with Gasteiger partial charge in [0.25, 0.3) is 0 Å². The molecule has 8 heteroatoms. The number of piperazine rings is 1. The van der Waals surface area contributed by atoms with Gasteiger partial charge in [-0.1, -0.05) is 18.2 Å². The fraction of sp³-hybridized carbons (Fsp3) is 0.476. The lowest BCUT2D eigenvalue weighted by molar-refractivity contribution is -0.131. The van der Waals surface area contributed by atoms with E-state index in [1.54, 1.807) is 11.3 Å². The minimum atomic E-state index is 0.191. The van der Waals surface area contributed by atoms with E-state index in [1.807, 2.05) is 31.0 Å². The number of hydrogen-bond donors (Lipinski definition) is 2. The molecule has 7 nitrogen and oxygen atoms in total. The molecule has 2 N–H and O–H groups in total. The summed E-state index contributed by atoms with van der Waals surface area (Å²) < 4.78 is 0. The zero-order valence-corrected chi connectivity index (χ0v) is 18.0. The Balaban J connectivity index is 1.41. The second-order valence-corrected chi connectivity index (χ2v) is 8.26. The minimum Gasteiger partial charge on any atom is -0.368 e. The van der Waals surface area contributed by atoms with Crippen molar-refractivity contribution >= 4 is 28.9 Å². The highest BCUT2D eigenvalue weighted by Gasteiger charge is 2.20. The molecule has 29 heavy (non-hydrogen) atoms. The van der Waals surface area contributed by atoms with E-state index in [2.05, 4.69) is 49.8 Å². The maximum absolute atomic E-state index is 12.6. The summed E-state index contributed by atoms with van der Waals surface area (Å²) in [4.78, 5) is 26.9. The average Bonchev–Trinajstić information content (AvgIpc) is 3.18. The van der Waals surface area contributed by atoms with Crippen molar-refractivity contribution < 1.29 is 4.79 Å². The fourth-order valence-electron chi connectivity index (χ4n) is 3.26. The first-order valence-corrected chi connectivity index (χ1v) is 11.0. The van der Waals surface area contributed by atoms with Crippen molar-refractivity contribution in [2.75, 3.05) is 44.2 Å². The van der Waals surface area contributed by atoms with E-state index in [0.717, 1.165) is 43.7 Å². The second kappa shape index (κ2) is 10.8. The highest BCUT2D eigenvalue weighted by atomic mass is 32.1. The van der Waals surface area contributed by atoms with Crippen LogP contribution in [0.5, 0.6) is 0 Å². The molecule has 2 aromatic rings. The number of thiazole rings is 1. The number of carbonyl (C=O) groups is 1. The van der Waals surface area contributed by atoms with Crippen LogP contribution in [0.25, 0.3) is 0 Å². The number of aryl methyl sites for hydroxylation is 1. The van der Waals surface area contributed by atoms with Gasteiger partial charge in [0, 0.05) is 62.5 Å². The van der Waals surface area contributed by atoms with E-state index >= 15 is 0 Å². The molecule has 0 aliphatic carbocycles. The maximum Gasteiger partial charge on any atom is 0.224 e. The molecule has 3 rings (SSSR count). The van der Waals surface area contributed by atoms with E-state index in [0.29, 0.717) is 19.5 Å². The van der Waals surface area contributed by atoms with Gasteiger partial charge in [0.15, 0.2) is 5.96 Å². The zero-order valence-electron chi connectivity index (χ0n) is 17.2. The summed E-state index contributed by atoms with van der Waals surface area (Å²) in [5.74, 6) is 0.915. The van der Waals surface area contributed by atoms with Gasteiger partial charge in [-0.05, 0) is 26.0 Å². The number of nitrogens with zero attached hydrogens (tertiary/aromatic N) is 4. The van der Waals surface area contributed by atoms with E-state index in [9.17, 15) is 4.79 Å². The van der Waals surface area contributed by atoms with E-state index in [1.165, 1.54) is 10.6 Å². The number of nitrogens with one attached hydrogen (secondary N) is 2. The van der Waals surface area contributed by atoms with Crippen LogP contribution in [0.3, 0.4) is 0 Å². The number of aliphatic imine (C=N–C) groups is 1. The zero-order chi connectivity index (χ0) is 20.5. The third-order valence-corrected chi connectivity index (χ3v) is 5.67. The number of benzene rings is 1. The molecule has 2 heterocycles. The molecule has 1 saturated heterocycles. The molecular weight excluding hydrogens is 384 g/mol. The first kappa shape index (κ1) is 21.1. The maximum atomic E-state index is 12.6. The van der Waals surface area contributed by atoms with Gasteiger partial charge in [0.05, 0.1) is 6.54 Å². The Hall–Kier alpha value is -2.61. The Bertz CT molecular complexity index is 799. The van der Waals surface area contributed by atoms with Gasteiger partial charge in [-0.2, -0.15) is 0 Å². The van der Waals surface area contributed by atoms with Gasteiger partial charge in [-0.15, -0.1) is 11.3 Å². The lowest BCUT2D eigenvalue weighted by Gasteiger charge is -2.36. The van der Waals surface area contributed by atoms with Gasteiger partial charge in [0.2, 0.25) is 5.91 Å². The molecule has 0 saturated carbocycles. The summed E-state index contributed by atoms with van der Waals surface area (Å²) in [7, 11) is 0. The van der Waals surface area contributed by atoms with Crippen LogP contribution in [-0.2, 0) is 11.3 Å². The summed E-state index contributed by atoms with van der Waals surface area (Å²) in [5, 5.41) is 7.47. The molecular formula is C21H30N6OS. The predicted octanol–water partition coefficient (Wildman–Crippen LogP) is 2.25. The molecule has 0 bridgehead atoms. The highest BCUT2D eigenvalue weighted by Crippen LogP contribution is 2.16. The van der Waals surface area contributed by atoms with Gasteiger partial charge in [0.1, 0.15) is 5.01 Å². The SMILES string of the molecule is CCNC(=NCc1ncc(C)s1)NCCC(=O)N1CCN(c2ccccc2)CC1. The number of hydrogen-bond acceptors (Lipinski definition) is 5. The molecule has 1 amide bonds. The highest BCUT2D eigenvalue weighted by molar-refractivity contribution is 7.11. The number of anilines is 1. The molecule has 0 spiro atoms. The van der Waals surface area contributed by atoms with Crippen LogP contribution >= 0.6 is 11.3 Å². The standard InChI is InChI=1S/C21H30N6OS/c1-3-22-21(25-16-19-24-15-17(2)29-19)23-10-9-20(28)27-13-11-26(12-14-27)18-7-5-4-6-8-18/h4-8,15H,3,9-14,16H2,1-2H3,(H2,22,23,25). The fourth-order valence-corrected chi connectivity index (χ4v) is 3.97. The first-order valence-electron chi connectivity index (χ1n) is 10.2. The molecule has 1 aromatic heterocycles. The van der Waals surface area contributed by atoms with Crippen molar-refractivity contribution in [3.8, 4) is 0 Å². The number of aromatic nitrogens is 1. The van der Waals surface area contributed by atoms with Crippen LogP contribution in [0.1, 0.15) is 23.2 Å². The Morgan fingerprint density at radius 1 is 1.17 bits per heavy atom. The molecule has 1 aromatic carbocycles. The second-order valence-electron chi connectivity index (χ2n) is 6.94. The largest absolute Gasteiger partial charge is 0.368 e. The Morgan fingerprint density at radius 2 is 1.93 bits per heavy atom. The molecule has 0 radical (unpaired) electrons. The monoisotopic (exact) mass is 414 g/mol. The van der Waals surface area contributed by atoms with E-state index in [4.69, 9.17) is 0 Å². The van der Waals surface area contributed by atoms with Crippen LogP contribution in [0, 0.1) is 6.92 Å². The smallest absolute Gasteiger partial charge is 0.224 e. The number of para-hydroxylation sites is 1. The van der Waals surface area contributed by atoms with Gasteiger partial charge >= 0.3 is 0 Å². The molecule has 1 aliphatic rings. The third-order valence-electron chi connectivity index (χ3n) is 4.77. The first-order chi connectivity index (χ1) is 14.2. The molecule has 1 aliphatic heterocycles. The van der Waals surface area contributed by atoms with Gasteiger partial charge in [-0.25, -0.2) is 9.98 Å². The Morgan fingerprint density at radius 3 is 2.59 bits per heavy atom. The summed E-state index contributed by atoms with van der Waals surface area (Å²) in [5.41, 5.74) is 1.23. The normalized spacial score (nSPS) is 14.8. The third kappa shape index (κ3) is 6.45. The number of carbonyl (C=O) groups excluding carboxylic acids is 1. The van der Waals surface area contributed by atoms with Crippen molar-refractivity contribution in [2.24, 2.45) is 4.99 Å². The lowest BCUT2D eigenvalue weighted by Crippen LogP contribution is -2.49. The molecule has 1 fully saturated rings. The summed E-state index contributed by atoms with van der Waals surface area (Å²) in [6, 6.07) is 10.4. The van der Waals surface area contributed by atoms with Crippen molar-refractivity contribution in [1.29, 1.82) is 0 Å². The van der Waals surface area contributed by atoms with Crippen LogP contribution in [0.15, 0.2) is 41.5 Å². The van der Waals surface area contributed by atoms with E-state index in [-0.39, 0.29) is 5.91 Å². The van der Waals surface area contributed by atoms with Gasteiger partial charge in [-0.3, -0.25) is 4.79 Å². The number of amides is 1. The number of rotatable bonds is 7. The van der Waals surface area contributed by atoms with Crippen LogP contribution < -0.4 is 15.5 Å². The van der Waals surface area contributed by atoms with Crippen LogP contribution in [0.2, 0.25) is 0 Å². The van der Waals surface area contributed by atoms with Crippen molar-refractivity contribution in [3.05, 3.63) is 46.4 Å². The Labute approximate surface area is 176 Å². The molecule has 0 atom stereocenters. The summed E-state index contributed by atoms with van der Waals surface area (Å²) in [6.45, 7) is 9.25. The molecule has 0 unspecified atom stereocenters. The van der Waals surface area contributed by atoms with Crippen molar-refractivity contribution in [2.45, 2.75) is 26.8 Å². The summed E-state index contributed by atoms with van der Waals surface area (Å²) in [6.07, 6.45) is 2.33. The minimum absolute atomic E-state index is 0.191. The molecule has 156 valence electrons. The summed E-state index contributed by atoms with van der Waals surface area (Å²) >= 11 is 1.66. The lowest BCUT2D eigenvalue weighted by atomic mass is 10.2. The van der Waals surface area contributed by atoms with Gasteiger partial charge < -0.3 is 20.4 Å².